The van der Waals surface area contributed by atoms with Gasteiger partial charge in [-0.05, 0) is 57.3 Å². The summed E-state index contributed by atoms with van der Waals surface area (Å²) in [5.74, 6) is -6.53. The van der Waals surface area contributed by atoms with Gasteiger partial charge in [0.1, 0.15) is 36.3 Å². The predicted octanol–water partition coefficient (Wildman–Crippen LogP) is -4.85. The van der Waals surface area contributed by atoms with E-state index in [1.165, 1.54) is 6.92 Å². The molecule has 6 atom stereocenters. The molecule has 0 aromatic carbocycles. The first-order valence-electron chi connectivity index (χ1n) is 17.7. The van der Waals surface area contributed by atoms with E-state index in [1.54, 1.807) is 13.8 Å². The van der Waals surface area contributed by atoms with Crippen LogP contribution in [0.4, 0.5) is 0 Å². The number of nitrogens with zero attached hydrogens (tertiary/aromatic N) is 2. The fourth-order valence-electron chi connectivity index (χ4n) is 4.88. The summed E-state index contributed by atoms with van der Waals surface area (Å²) in [6, 6.07) is -7.69. The number of aliphatic carboxylic acids is 1. The minimum absolute atomic E-state index is 0.00824. The summed E-state index contributed by atoms with van der Waals surface area (Å²) >= 11 is 0. The van der Waals surface area contributed by atoms with Gasteiger partial charge in [-0.3, -0.25) is 38.8 Å². The zero-order valence-electron chi connectivity index (χ0n) is 31.7. The number of amides is 6. The summed E-state index contributed by atoms with van der Waals surface area (Å²) in [7, 11) is 0. The molecule has 22 nitrogen and oxygen atoms in total. The monoisotopic (exact) mass is 771 g/mol. The zero-order chi connectivity index (χ0) is 41.5. The van der Waals surface area contributed by atoms with Crippen LogP contribution in [0.1, 0.15) is 73.1 Å². The van der Waals surface area contributed by atoms with Crippen LogP contribution in [0.5, 0.6) is 0 Å². The molecule has 0 aromatic heterocycles. The number of aliphatic imine (C=N–C) groups is 2. The molecule has 0 fully saturated rings. The van der Waals surface area contributed by atoms with Crippen molar-refractivity contribution in [1.29, 1.82) is 0 Å². The molecule has 0 unspecified atom stereocenters. The van der Waals surface area contributed by atoms with Crippen LogP contribution >= 0.6 is 0 Å². The first kappa shape index (κ1) is 48.8. The molecule has 0 aliphatic carbocycles. The molecule has 0 bridgehead atoms. The van der Waals surface area contributed by atoms with Gasteiger partial charge in [0, 0.05) is 13.1 Å². The summed E-state index contributed by atoms with van der Waals surface area (Å²) in [4.78, 5) is 97.6. The fraction of sp³-hybridized carbons (Fsp3) is 0.719. The van der Waals surface area contributed by atoms with E-state index in [4.69, 9.17) is 28.7 Å². The highest BCUT2D eigenvalue weighted by Crippen LogP contribution is 2.09. The van der Waals surface area contributed by atoms with E-state index in [2.05, 4.69) is 41.9 Å². The summed E-state index contributed by atoms with van der Waals surface area (Å²) in [6.07, 6.45) is 0.676. The molecule has 0 heterocycles. The molecule has 0 spiro atoms. The Balaban J connectivity index is 6.06. The summed E-state index contributed by atoms with van der Waals surface area (Å²) in [5.41, 5.74) is 26.9. The first-order chi connectivity index (χ1) is 25.2. The highest BCUT2D eigenvalue weighted by Gasteiger charge is 2.32. The highest BCUT2D eigenvalue weighted by molar-refractivity contribution is 5.96. The molecule has 0 saturated heterocycles. The van der Waals surface area contributed by atoms with Crippen molar-refractivity contribution >= 4 is 53.3 Å². The lowest BCUT2D eigenvalue weighted by molar-refractivity contribution is -0.143. The Morgan fingerprint density at radius 1 is 0.556 bits per heavy atom. The minimum Gasteiger partial charge on any atom is -0.480 e. The molecule has 54 heavy (non-hydrogen) atoms. The van der Waals surface area contributed by atoms with Gasteiger partial charge in [0.05, 0.1) is 13.2 Å². The second-order valence-electron chi connectivity index (χ2n) is 13.5. The lowest BCUT2D eigenvalue weighted by atomic mass is 10.0. The Morgan fingerprint density at radius 3 is 1.35 bits per heavy atom. The third-order valence-electron chi connectivity index (χ3n) is 7.59. The summed E-state index contributed by atoms with van der Waals surface area (Å²) in [6.45, 7) is 7.43. The van der Waals surface area contributed by atoms with E-state index in [0.29, 0.717) is 0 Å². The van der Waals surface area contributed by atoms with Gasteiger partial charge in [-0.1, -0.05) is 27.7 Å². The number of hydrogen-bond donors (Lipinski definition) is 13. The Labute approximate surface area is 315 Å². The Kier molecular flexibility index (Phi) is 23.2. The van der Waals surface area contributed by atoms with Crippen LogP contribution in [0.15, 0.2) is 9.98 Å². The standard InChI is InChI=1S/C32H61N13O9/c1-16(2)12-21(41-24(47)14-33)28(51)45-23(15-46)29(52)40-18(5)25(48)42-19(8-6-10-38-31(34)35)26(49)43-20(9-7-11-39-32(36)37)27(50)44-22(30(53)54)13-17(3)4/h16-23,46H,6-15,33H2,1-5H3,(H,40,52)(H,41,47)(H,42,48)(H,43,49)(H,44,50)(H,45,51)(H,53,54)(H4,34,35,38)(H4,36,37,39)/t18-,19-,20-,21-,22-,23-/m0/s1. The number of carboxylic acid groups (broad SMARTS) is 1. The van der Waals surface area contributed by atoms with Gasteiger partial charge in [-0.15, -0.1) is 0 Å². The van der Waals surface area contributed by atoms with Crippen molar-refractivity contribution in [3.63, 3.8) is 0 Å². The van der Waals surface area contributed by atoms with Crippen molar-refractivity contribution in [2.75, 3.05) is 26.2 Å². The first-order valence-corrected chi connectivity index (χ1v) is 17.7. The summed E-state index contributed by atoms with van der Waals surface area (Å²) < 4.78 is 0. The number of nitrogens with two attached hydrogens (primary N) is 5. The molecule has 0 aliphatic rings. The van der Waals surface area contributed by atoms with Crippen LogP contribution in [0, 0.1) is 11.8 Å². The average Bonchev–Trinajstić information content (AvgIpc) is 3.07. The van der Waals surface area contributed by atoms with Crippen LogP contribution < -0.4 is 60.6 Å². The Hall–Kier alpha value is -5.25. The van der Waals surface area contributed by atoms with Crippen molar-refractivity contribution in [1.82, 2.24) is 31.9 Å². The number of aliphatic hydroxyl groups is 1. The molecule has 6 amide bonds. The second kappa shape index (κ2) is 25.7. The number of carbonyl (C=O) groups excluding carboxylic acids is 6. The lowest BCUT2D eigenvalue weighted by Crippen LogP contribution is -2.59. The molecular weight excluding hydrogens is 710 g/mol. The van der Waals surface area contributed by atoms with Gasteiger partial charge in [-0.25, -0.2) is 4.79 Å². The maximum atomic E-state index is 13.6. The van der Waals surface area contributed by atoms with E-state index in [0.717, 1.165) is 0 Å². The number of nitrogens with one attached hydrogen (secondary N) is 6. The van der Waals surface area contributed by atoms with E-state index < -0.39 is 84.3 Å². The van der Waals surface area contributed by atoms with Crippen LogP contribution in [-0.2, 0) is 33.6 Å². The zero-order valence-corrected chi connectivity index (χ0v) is 31.7. The molecule has 0 aromatic rings. The molecule has 22 heteroatoms. The fourth-order valence-corrected chi connectivity index (χ4v) is 4.88. The van der Waals surface area contributed by atoms with Crippen LogP contribution in [0.3, 0.4) is 0 Å². The molecule has 0 saturated carbocycles. The number of carbonyl (C=O) groups is 7. The van der Waals surface area contributed by atoms with Gasteiger partial charge in [0.15, 0.2) is 11.9 Å². The van der Waals surface area contributed by atoms with E-state index in [1.807, 2.05) is 13.8 Å². The van der Waals surface area contributed by atoms with E-state index in [-0.39, 0.29) is 81.9 Å². The van der Waals surface area contributed by atoms with Gasteiger partial charge in [-0.2, -0.15) is 0 Å². The molecule has 0 aliphatic heterocycles. The van der Waals surface area contributed by atoms with Crippen molar-refractivity contribution in [3.8, 4) is 0 Å². The van der Waals surface area contributed by atoms with Crippen molar-refractivity contribution in [3.05, 3.63) is 0 Å². The number of rotatable bonds is 26. The van der Waals surface area contributed by atoms with Gasteiger partial charge >= 0.3 is 5.97 Å². The minimum atomic E-state index is -1.51. The summed E-state index contributed by atoms with van der Waals surface area (Å²) in [5, 5.41) is 34.3. The topological polar surface area (TPSA) is 387 Å². The molecular formula is C32H61N13O9. The largest absolute Gasteiger partial charge is 0.480 e. The molecule has 0 rings (SSSR count). The lowest BCUT2D eigenvalue weighted by Gasteiger charge is -2.26. The van der Waals surface area contributed by atoms with Gasteiger partial charge < -0.3 is 70.8 Å². The van der Waals surface area contributed by atoms with E-state index in [9.17, 15) is 43.8 Å². The quantitative estimate of drug-likeness (QED) is 0.0223. The second-order valence-corrected chi connectivity index (χ2v) is 13.5. The molecule has 18 N–H and O–H groups in total. The van der Waals surface area contributed by atoms with Crippen LogP contribution in [-0.4, -0.2) is 126 Å². The van der Waals surface area contributed by atoms with E-state index >= 15 is 0 Å². The maximum absolute atomic E-state index is 13.6. The number of aliphatic hydroxyl groups excluding tert-OH is 1. The number of carboxylic acids is 1. The molecule has 0 radical (unpaired) electrons. The Bertz CT molecular complexity index is 1320. The van der Waals surface area contributed by atoms with Crippen molar-refractivity contribution in [2.45, 2.75) is 109 Å². The predicted molar refractivity (Wildman–Crippen MR) is 200 cm³/mol. The van der Waals surface area contributed by atoms with Crippen molar-refractivity contribution < 1.29 is 43.8 Å². The highest BCUT2D eigenvalue weighted by atomic mass is 16.4. The molecule has 308 valence electrons. The van der Waals surface area contributed by atoms with Crippen LogP contribution in [0.25, 0.3) is 0 Å². The smallest absolute Gasteiger partial charge is 0.326 e. The number of hydrogen-bond acceptors (Lipinski definition) is 11. The van der Waals surface area contributed by atoms with Crippen LogP contribution in [0.2, 0.25) is 0 Å². The maximum Gasteiger partial charge on any atom is 0.326 e. The third-order valence-corrected chi connectivity index (χ3v) is 7.59. The van der Waals surface area contributed by atoms with Gasteiger partial charge in [0.25, 0.3) is 0 Å². The van der Waals surface area contributed by atoms with Gasteiger partial charge in [0.2, 0.25) is 35.4 Å². The SMILES string of the molecule is CC(C)C[C@H](NC(=O)[C@H](CCCN=C(N)N)NC(=O)[C@H](CCCN=C(N)N)NC(=O)[C@H](C)NC(=O)[C@H](CO)NC(=O)[C@H](CC(C)C)NC(=O)CN)C(=O)O. The van der Waals surface area contributed by atoms with Crippen molar-refractivity contribution in [2.24, 2.45) is 50.5 Å². The number of guanidine groups is 2. The normalized spacial score (nSPS) is 14.2. The Morgan fingerprint density at radius 2 is 0.944 bits per heavy atom. The average molecular weight is 772 g/mol. The third kappa shape index (κ3) is 20.7.